The summed E-state index contributed by atoms with van der Waals surface area (Å²) in [5.74, 6) is -0.697. The van der Waals surface area contributed by atoms with Crippen molar-refractivity contribution in [2.45, 2.75) is 26.8 Å². The van der Waals surface area contributed by atoms with Crippen molar-refractivity contribution in [3.63, 3.8) is 0 Å². The third-order valence-corrected chi connectivity index (χ3v) is 6.10. The van der Waals surface area contributed by atoms with E-state index in [-0.39, 0.29) is 11.8 Å². The van der Waals surface area contributed by atoms with Crippen molar-refractivity contribution in [1.82, 2.24) is 20.2 Å². The number of hydrogen-bond acceptors (Lipinski definition) is 3. The average Bonchev–Trinajstić information content (AvgIpc) is 3.44. The fraction of sp³-hybridized carbons (Fsp3) is 0.231. The Hall–Kier alpha value is -3.64. The fourth-order valence-electron chi connectivity index (χ4n) is 4.58. The summed E-state index contributed by atoms with van der Waals surface area (Å²) in [6.07, 6.45) is 4.82. The van der Waals surface area contributed by atoms with Crippen LogP contribution in [0.15, 0.2) is 54.9 Å². The molecule has 0 bridgehead atoms. The molecule has 1 aliphatic rings. The summed E-state index contributed by atoms with van der Waals surface area (Å²) in [5.41, 5.74) is 5.59. The molecule has 0 saturated heterocycles. The summed E-state index contributed by atoms with van der Waals surface area (Å²) in [7, 11) is 0. The first-order chi connectivity index (χ1) is 15.6. The quantitative estimate of drug-likeness (QED) is 0.309. The van der Waals surface area contributed by atoms with Crippen LogP contribution >= 0.6 is 0 Å². The first-order valence-corrected chi connectivity index (χ1v) is 11.1. The average molecular weight is 427 g/mol. The van der Waals surface area contributed by atoms with E-state index in [9.17, 15) is 9.59 Å². The summed E-state index contributed by atoms with van der Waals surface area (Å²) < 4.78 is 2.20. The molecule has 2 aromatic heterocycles. The molecule has 0 atom stereocenters. The fourth-order valence-corrected chi connectivity index (χ4v) is 4.58. The second-order valence-electron chi connectivity index (χ2n) is 8.25. The molecule has 3 N–H and O–H groups in total. The molecule has 0 radical (unpaired) electrons. The van der Waals surface area contributed by atoms with Crippen LogP contribution in [0.3, 0.4) is 0 Å². The van der Waals surface area contributed by atoms with Crippen molar-refractivity contribution < 1.29 is 9.59 Å². The van der Waals surface area contributed by atoms with E-state index in [2.05, 4.69) is 52.2 Å². The summed E-state index contributed by atoms with van der Waals surface area (Å²) in [4.78, 5) is 29.2. The van der Waals surface area contributed by atoms with Crippen molar-refractivity contribution in [3.05, 3.63) is 71.5 Å². The molecule has 2 aromatic carbocycles. The van der Waals surface area contributed by atoms with Gasteiger partial charge in [-0.1, -0.05) is 37.3 Å². The van der Waals surface area contributed by atoms with Crippen LogP contribution in [0.4, 0.5) is 0 Å². The normalized spacial score (nSPS) is 14.2. The van der Waals surface area contributed by atoms with Gasteiger partial charge >= 0.3 is 0 Å². The number of nitrogens with one attached hydrogen (secondary N) is 3. The SMILES string of the molecule is CCNCCCn1cc(C2=C(c3c[nH]c4ccccc34)C(=O)NC2=O)c2ccc(C)cc21. The zero-order chi connectivity index (χ0) is 22.2. The van der Waals surface area contributed by atoms with Gasteiger partial charge in [-0.2, -0.15) is 0 Å². The number of hydrogen-bond donors (Lipinski definition) is 3. The molecule has 0 saturated carbocycles. The number of para-hydroxylation sites is 1. The highest BCUT2D eigenvalue weighted by molar-refractivity contribution is 6.50. The van der Waals surface area contributed by atoms with E-state index >= 15 is 0 Å². The Kier molecular flexibility index (Phi) is 5.15. The van der Waals surface area contributed by atoms with Crippen molar-refractivity contribution in [2.24, 2.45) is 0 Å². The van der Waals surface area contributed by atoms with E-state index in [1.165, 1.54) is 0 Å². The predicted octanol–water partition coefficient (Wildman–Crippen LogP) is 4.00. The zero-order valence-corrected chi connectivity index (χ0v) is 18.3. The molecule has 0 aliphatic carbocycles. The van der Waals surface area contributed by atoms with E-state index in [4.69, 9.17) is 0 Å². The van der Waals surface area contributed by atoms with Crippen LogP contribution in [0.25, 0.3) is 33.0 Å². The monoisotopic (exact) mass is 426 g/mol. The van der Waals surface area contributed by atoms with E-state index in [0.717, 1.165) is 64.6 Å². The number of nitrogens with zero attached hydrogens (tertiary/aromatic N) is 1. The van der Waals surface area contributed by atoms with Crippen molar-refractivity contribution in [2.75, 3.05) is 13.1 Å². The standard InChI is InChI=1S/C26H26N4O2/c1-3-27-11-6-12-30-15-20(18-10-9-16(2)13-22(18)30)24-23(25(31)29-26(24)32)19-14-28-21-8-5-4-7-17(19)21/h4-5,7-10,13-15,27-28H,3,6,11-12H2,1-2H3,(H,29,31,32). The number of carbonyl (C=O) groups is 2. The Balaban J connectivity index is 1.70. The maximum atomic E-state index is 13.0. The van der Waals surface area contributed by atoms with Gasteiger partial charge in [-0.3, -0.25) is 14.9 Å². The van der Waals surface area contributed by atoms with Crippen molar-refractivity contribution in [1.29, 1.82) is 0 Å². The number of amides is 2. The van der Waals surface area contributed by atoms with Gasteiger partial charge in [-0.25, -0.2) is 0 Å². The number of aromatic nitrogens is 2. The molecular formula is C26H26N4O2. The largest absolute Gasteiger partial charge is 0.361 e. The topological polar surface area (TPSA) is 78.9 Å². The molecule has 4 aromatic rings. The number of aromatic amines is 1. The Morgan fingerprint density at radius 3 is 2.56 bits per heavy atom. The maximum absolute atomic E-state index is 13.0. The Morgan fingerprint density at radius 2 is 1.75 bits per heavy atom. The summed E-state index contributed by atoms with van der Waals surface area (Å²) in [6.45, 7) is 6.87. The first kappa shape index (κ1) is 20.3. The number of fused-ring (bicyclic) bond motifs is 2. The lowest BCUT2D eigenvalue weighted by Gasteiger charge is -2.06. The predicted molar refractivity (Wildman–Crippen MR) is 128 cm³/mol. The molecule has 0 fully saturated rings. The lowest BCUT2D eigenvalue weighted by molar-refractivity contribution is -0.122. The van der Waals surface area contributed by atoms with Crippen LogP contribution in [0.2, 0.25) is 0 Å². The number of rotatable bonds is 7. The zero-order valence-electron chi connectivity index (χ0n) is 18.3. The molecule has 3 heterocycles. The molecule has 6 nitrogen and oxygen atoms in total. The summed E-state index contributed by atoms with van der Waals surface area (Å²) in [5, 5.41) is 7.80. The number of H-pyrrole nitrogens is 1. The van der Waals surface area contributed by atoms with E-state index in [1.807, 2.05) is 36.7 Å². The van der Waals surface area contributed by atoms with E-state index in [1.54, 1.807) is 0 Å². The van der Waals surface area contributed by atoms with Gasteiger partial charge in [0.05, 0.1) is 11.1 Å². The molecule has 0 spiro atoms. The maximum Gasteiger partial charge on any atom is 0.259 e. The Bertz CT molecular complexity index is 1390. The van der Waals surface area contributed by atoms with Crippen molar-refractivity contribution >= 4 is 44.8 Å². The second-order valence-corrected chi connectivity index (χ2v) is 8.25. The van der Waals surface area contributed by atoms with E-state index in [0.29, 0.717) is 11.1 Å². The molecule has 162 valence electrons. The van der Waals surface area contributed by atoms with E-state index < -0.39 is 0 Å². The highest BCUT2D eigenvalue weighted by Gasteiger charge is 2.35. The van der Waals surface area contributed by atoms with Crippen LogP contribution in [0, 0.1) is 6.92 Å². The van der Waals surface area contributed by atoms with Gasteiger partial charge in [0, 0.05) is 51.9 Å². The Labute approximate surface area is 186 Å². The summed E-state index contributed by atoms with van der Waals surface area (Å²) >= 11 is 0. The number of benzene rings is 2. The molecule has 0 unspecified atom stereocenters. The van der Waals surface area contributed by atoms with Crippen molar-refractivity contribution in [3.8, 4) is 0 Å². The van der Waals surface area contributed by atoms with Crippen LogP contribution in [0.1, 0.15) is 30.0 Å². The molecule has 5 rings (SSSR count). The molecule has 2 amide bonds. The number of carbonyl (C=O) groups excluding carboxylic acids is 2. The number of aryl methyl sites for hydroxylation is 2. The van der Waals surface area contributed by atoms with Gasteiger partial charge in [0.15, 0.2) is 0 Å². The molecule has 1 aliphatic heterocycles. The van der Waals surface area contributed by atoms with Crippen LogP contribution in [0.5, 0.6) is 0 Å². The highest BCUT2D eigenvalue weighted by atomic mass is 16.2. The molecule has 6 heteroatoms. The number of imide groups is 1. The van der Waals surface area contributed by atoms with Gasteiger partial charge in [-0.05, 0) is 44.1 Å². The molecular weight excluding hydrogens is 400 g/mol. The van der Waals surface area contributed by atoms with Crippen LogP contribution in [-0.2, 0) is 16.1 Å². The third kappa shape index (κ3) is 3.33. The minimum Gasteiger partial charge on any atom is -0.361 e. The lowest BCUT2D eigenvalue weighted by atomic mass is 9.95. The van der Waals surface area contributed by atoms with Gasteiger partial charge in [0.1, 0.15) is 0 Å². The summed E-state index contributed by atoms with van der Waals surface area (Å²) in [6, 6.07) is 14.1. The molecule has 32 heavy (non-hydrogen) atoms. The Morgan fingerprint density at radius 1 is 0.969 bits per heavy atom. The van der Waals surface area contributed by atoms with Gasteiger partial charge in [0.2, 0.25) is 0 Å². The second kappa shape index (κ2) is 8.13. The van der Waals surface area contributed by atoms with Gasteiger partial charge in [-0.15, -0.1) is 0 Å². The highest BCUT2D eigenvalue weighted by Crippen LogP contribution is 2.38. The first-order valence-electron chi connectivity index (χ1n) is 11.1. The van der Waals surface area contributed by atoms with Gasteiger partial charge in [0.25, 0.3) is 11.8 Å². The van der Waals surface area contributed by atoms with Crippen LogP contribution < -0.4 is 10.6 Å². The van der Waals surface area contributed by atoms with Gasteiger partial charge < -0.3 is 14.9 Å². The smallest absolute Gasteiger partial charge is 0.259 e. The lowest BCUT2D eigenvalue weighted by Crippen LogP contribution is -2.22. The minimum absolute atomic E-state index is 0.345. The minimum atomic E-state index is -0.352. The third-order valence-electron chi connectivity index (χ3n) is 6.10. The van der Waals surface area contributed by atoms with Crippen LogP contribution in [-0.4, -0.2) is 34.5 Å².